The van der Waals surface area contributed by atoms with Gasteiger partial charge in [-0.3, -0.25) is 4.98 Å². The van der Waals surface area contributed by atoms with Gasteiger partial charge in [0, 0.05) is 16.7 Å². The second-order valence-corrected chi connectivity index (χ2v) is 6.33. The third kappa shape index (κ3) is 3.72. The Kier molecular flexibility index (Phi) is 4.26. The van der Waals surface area contributed by atoms with Crippen molar-refractivity contribution in [2.24, 2.45) is 0 Å². The van der Waals surface area contributed by atoms with E-state index in [0.717, 1.165) is 0 Å². The van der Waals surface area contributed by atoms with Gasteiger partial charge in [-0.2, -0.15) is 0 Å². The van der Waals surface area contributed by atoms with Gasteiger partial charge < -0.3 is 4.42 Å². The van der Waals surface area contributed by atoms with Crippen LogP contribution in [0.3, 0.4) is 0 Å². The third-order valence-electron chi connectivity index (χ3n) is 2.34. The molecule has 7 heteroatoms. The van der Waals surface area contributed by atoms with Gasteiger partial charge in [-0.15, -0.1) is 0 Å². The minimum atomic E-state index is -3.79. The lowest BCUT2D eigenvalue weighted by atomic mass is 10.3. The largest absolute Gasteiger partial charge is 0.417 e. The molecule has 0 fully saturated rings. The molecule has 0 saturated heterocycles. The van der Waals surface area contributed by atoms with Crippen molar-refractivity contribution in [3.63, 3.8) is 0 Å². The summed E-state index contributed by atoms with van der Waals surface area (Å²) in [5.41, 5.74) is 0.593. The Hall–Kier alpha value is -2.05. The Balaban J connectivity index is 0.000000205. The van der Waals surface area contributed by atoms with Gasteiger partial charge in [-0.05, 0) is 12.1 Å². The first-order valence-electron chi connectivity index (χ1n) is 5.54. The number of fused-ring (bicyclic) bond motifs is 1. The Morgan fingerprint density at radius 3 is 2.05 bits per heavy atom. The fraction of sp³-hybridized carbons (Fsp3) is 0. The number of rotatable bonds is 1. The number of aromatic nitrogens is 1. The van der Waals surface area contributed by atoms with E-state index < -0.39 is 14.8 Å². The quantitative estimate of drug-likeness (QED) is 0.701. The molecule has 0 radical (unpaired) electrons. The van der Waals surface area contributed by atoms with Crippen LogP contribution in [0.25, 0.3) is 11.1 Å². The van der Waals surface area contributed by atoms with Crippen molar-refractivity contribution in [1.82, 2.24) is 4.98 Å². The second kappa shape index (κ2) is 5.94. The fourth-order valence-corrected chi connectivity index (χ4v) is 2.23. The molecule has 3 aromatic rings. The van der Waals surface area contributed by atoms with Crippen LogP contribution in [0.5, 0.6) is 0 Å². The molecule has 0 aliphatic rings. The topological polar surface area (TPSA) is 80.1 Å². The van der Waals surface area contributed by atoms with Crippen molar-refractivity contribution < 1.29 is 12.8 Å². The Labute approximate surface area is 119 Å². The summed E-state index contributed by atoms with van der Waals surface area (Å²) < 4.78 is 26.5. The molecule has 3 rings (SSSR count). The van der Waals surface area contributed by atoms with Crippen molar-refractivity contribution in [1.29, 1.82) is 0 Å². The number of oxazole rings is 1. The lowest BCUT2D eigenvalue weighted by molar-refractivity contribution is 0.554. The fourth-order valence-electron chi connectivity index (χ4n) is 1.46. The summed E-state index contributed by atoms with van der Waals surface area (Å²) in [5, 5.41) is 0. The zero-order valence-corrected chi connectivity index (χ0v) is 11.7. The third-order valence-corrected chi connectivity index (χ3v) is 3.69. The molecule has 104 valence electrons. The summed E-state index contributed by atoms with van der Waals surface area (Å²) >= 11 is 0. The molecule has 1 aromatic heterocycles. The lowest BCUT2D eigenvalue weighted by Crippen LogP contribution is -1.92. The average Bonchev–Trinajstić information content (AvgIpc) is 2.79. The summed E-state index contributed by atoms with van der Waals surface area (Å²) in [7, 11) is 1.32. The summed E-state index contributed by atoms with van der Waals surface area (Å²) in [6.07, 6.45) is 0. The van der Waals surface area contributed by atoms with Gasteiger partial charge in [-0.25, -0.2) is 13.2 Å². The Morgan fingerprint density at radius 1 is 1.00 bits per heavy atom. The number of hydrogen-bond acceptors (Lipinski definition) is 4. The van der Waals surface area contributed by atoms with E-state index in [-0.39, 0.29) is 10.5 Å². The SMILES string of the molecule is O=c1[nH]c2ccc(S(=O)(=O)Cl)cc2o1.c1ccccc1. The normalized spacial score (nSPS) is 10.8. The van der Waals surface area contributed by atoms with E-state index in [2.05, 4.69) is 9.40 Å². The Morgan fingerprint density at radius 2 is 1.55 bits per heavy atom. The number of nitrogens with one attached hydrogen (secondary N) is 1. The highest BCUT2D eigenvalue weighted by Gasteiger charge is 2.11. The summed E-state index contributed by atoms with van der Waals surface area (Å²) in [5.74, 6) is -0.635. The first-order chi connectivity index (χ1) is 9.47. The monoisotopic (exact) mass is 311 g/mol. The van der Waals surface area contributed by atoms with E-state index in [1.165, 1.54) is 18.2 Å². The first-order valence-corrected chi connectivity index (χ1v) is 7.85. The molecule has 0 unspecified atom stereocenters. The molecule has 0 bridgehead atoms. The van der Waals surface area contributed by atoms with Crippen molar-refractivity contribution in [2.75, 3.05) is 0 Å². The molecule has 5 nitrogen and oxygen atoms in total. The highest BCUT2D eigenvalue weighted by atomic mass is 35.7. The maximum absolute atomic E-state index is 10.9. The van der Waals surface area contributed by atoms with Crippen LogP contribution in [-0.2, 0) is 9.05 Å². The van der Waals surface area contributed by atoms with Crippen LogP contribution in [0.1, 0.15) is 0 Å². The van der Waals surface area contributed by atoms with Gasteiger partial charge >= 0.3 is 5.76 Å². The molecule has 1 heterocycles. The predicted molar refractivity (Wildman–Crippen MR) is 76.3 cm³/mol. The molecule has 20 heavy (non-hydrogen) atoms. The molecule has 0 spiro atoms. The van der Waals surface area contributed by atoms with E-state index in [1.54, 1.807) is 0 Å². The molecule has 0 aliphatic carbocycles. The zero-order chi connectivity index (χ0) is 14.6. The summed E-state index contributed by atoms with van der Waals surface area (Å²) in [4.78, 5) is 13.0. The van der Waals surface area contributed by atoms with Crippen molar-refractivity contribution in [3.8, 4) is 0 Å². The highest BCUT2D eigenvalue weighted by molar-refractivity contribution is 8.13. The highest BCUT2D eigenvalue weighted by Crippen LogP contribution is 2.19. The van der Waals surface area contributed by atoms with Crippen LogP contribution in [0.2, 0.25) is 0 Å². The van der Waals surface area contributed by atoms with E-state index in [0.29, 0.717) is 5.52 Å². The zero-order valence-electron chi connectivity index (χ0n) is 10.1. The van der Waals surface area contributed by atoms with Crippen molar-refractivity contribution >= 4 is 30.8 Å². The van der Waals surface area contributed by atoms with Gasteiger partial charge in [0.15, 0.2) is 5.58 Å². The van der Waals surface area contributed by atoms with Gasteiger partial charge in [0.25, 0.3) is 9.05 Å². The van der Waals surface area contributed by atoms with E-state index in [9.17, 15) is 13.2 Å². The van der Waals surface area contributed by atoms with Crippen molar-refractivity contribution in [2.45, 2.75) is 4.90 Å². The van der Waals surface area contributed by atoms with Crippen LogP contribution in [0, 0.1) is 0 Å². The van der Waals surface area contributed by atoms with Crippen LogP contribution in [-0.4, -0.2) is 13.4 Å². The van der Waals surface area contributed by atoms with E-state index in [4.69, 9.17) is 10.7 Å². The molecular formula is C13H10ClNO4S. The van der Waals surface area contributed by atoms with Gasteiger partial charge in [0.1, 0.15) is 0 Å². The van der Waals surface area contributed by atoms with Crippen LogP contribution < -0.4 is 5.76 Å². The lowest BCUT2D eigenvalue weighted by Gasteiger charge is -1.93. The minimum Gasteiger partial charge on any atom is -0.408 e. The van der Waals surface area contributed by atoms with Crippen LogP contribution in [0.4, 0.5) is 0 Å². The van der Waals surface area contributed by atoms with Gasteiger partial charge in [0.05, 0.1) is 10.4 Å². The summed E-state index contributed by atoms with van der Waals surface area (Å²) in [6, 6.07) is 15.9. The number of halogens is 1. The van der Waals surface area contributed by atoms with Crippen LogP contribution in [0.15, 0.2) is 68.7 Å². The molecule has 0 amide bonds. The van der Waals surface area contributed by atoms with Crippen molar-refractivity contribution in [3.05, 3.63) is 65.1 Å². The molecule has 1 N–H and O–H groups in total. The number of H-pyrrole nitrogens is 1. The molecular weight excluding hydrogens is 302 g/mol. The maximum Gasteiger partial charge on any atom is 0.417 e. The smallest absolute Gasteiger partial charge is 0.408 e. The van der Waals surface area contributed by atoms with Crippen LogP contribution >= 0.6 is 10.7 Å². The number of benzene rings is 2. The standard InChI is InChI=1S/C7H4ClNO4S.C6H6/c8-14(11,12)4-1-2-5-6(3-4)13-7(10)9-5;1-2-4-6-5-3-1/h1-3H,(H,9,10);1-6H. The number of aromatic amines is 1. The first kappa shape index (κ1) is 14.4. The molecule has 0 aliphatic heterocycles. The Bertz CT molecular complexity index is 826. The average molecular weight is 312 g/mol. The number of hydrogen-bond donors (Lipinski definition) is 1. The molecule has 2 aromatic carbocycles. The van der Waals surface area contributed by atoms with E-state index >= 15 is 0 Å². The van der Waals surface area contributed by atoms with E-state index in [1.807, 2.05) is 36.4 Å². The van der Waals surface area contributed by atoms with Gasteiger partial charge in [0.2, 0.25) is 0 Å². The van der Waals surface area contributed by atoms with Gasteiger partial charge in [-0.1, -0.05) is 36.4 Å². The molecule has 0 atom stereocenters. The molecule has 0 saturated carbocycles. The summed E-state index contributed by atoms with van der Waals surface area (Å²) in [6.45, 7) is 0. The predicted octanol–water partition coefficient (Wildman–Crippen LogP) is 2.74. The minimum absolute atomic E-state index is 0.102. The maximum atomic E-state index is 10.9. The second-order valence-electron chi connectivity index (χ2n) is 3.77.